The van der Waals surface area contributed by atoms with Gasteiger partial charge in [-0.05, 0) is 63.3 Å². The molecule has 0 aliphatic rings. The molecule has 0 spiro atoms. The van der Waals surface area contributed by atoms with E-state index in [2.05, 4.69) is 5.32 Å². The van der Waals surface area contributed by atoms with Crippen LogP contribution in [0.2, 0.25) is 0 Å². The van der Waals surface area contributed by atoms with Crippen molar-refractivity contribution in [2.45, 2.75) is 58.3 Å². The molecule has 1 amide bonds. The Balaban J connectivity index is 1.94. The number of alkyl carbamates (subject to hydrolysis) is 1. The molecular formula is C24H31NO5. The topological polar surface area (TPSA) is 73.9 Å². The number of carbonyl (C=O) groups excluding carboxylic acids is 2. The van der Waals surface area contributed by atoms with E-state index in [9.17, 15) is 9.59 Å². The summed E-state index contributed by atoms with van der Waals surface area (Å²) < 4.78 is 15.9. The molecule has 162 valence electrons. The molecule has 30 heavy (non-hydrogen) atoms. The van der Waals surface area contributed by atoms with Crippen molar-refractivity contribution in [2.75, 3.05) is 7.11 Å². The van der Waals surface area contributed by atoms with Crippen molar-refractivity contribution in [3.8, 4) is 5.75 Å². The highest BCUT2D eigenvalue weighted by Gasteiger charge is 2.25. The molecule has 6 heteroatoms. The number of hydrogen-bond acceptors (Lipinski definition) is 5. The maximum atomic E-state index is 12.6. The van der Waals surface area contributed by atoms with Crippen LogP contribution >= 0.6 is 0 Å². The third-order valence-corrected chi connectivity index (χ3v) is 4.32. The second-order valence-corrected chi connectivity index (χ2v) is 8.03. The van der Waals surface area contributed by atoms with Gasteiger partial charge in [-0.15, -0.1) is 0 Å². The summed E-state index contributed by atoms with van der Waals surface area (Å²) in [4.78, 5) is 24.8. The number of esters is 1. The Bertz CT molecular complexity index is 797. The van der Waals surface area contributed by atoms with E-state index >= 15 is 0 Å². The minimum atomic E-state index is -0.776. The van der Waals surface area contributed by atoms with E-state index in [-0.39, 0.29) is 6.61 Å². The van der Waals surface area contributed by atoms with E-state index in [0.29, 0.717) is 12.8 Å². The molecule has 1 N–H and O–H groups in total. The normalized spacial score (nSPS) is 12.0. The Labute approximate surface area is 178 Å². The fraction of sp³-hybridized carbons (Fsp3) is 0.417. The standard InChI is InChI=1S/C24H31NO5/c1-24(2,3)30-23(27)25-21(22(26)29-17-19-9-6-5-7-10-19)12-8-11-18-13-15-20(28-4)16-14-18/h5-7,9-10,13-16,21H,8,11-12,17H2,1-4H3,(H,25,27)/t21-/m0/s1. The Morgan fingerprint density at radius 3 is 2.23 bits per heavy atom. The Morgan fingerprint density at radius 2 is 1.63 bits per heavy atom. The van der Waals surface area contributed by atoms with Crippen molar-refractivity contribution in [1.82, 2.24) is 5.32 Å². The maximum absolute atomic E-state index is 12.6. The molecule has 0 fully saturated rings. The molecule has 0 radical (unpaired) electrons. The fourth-order valence-electron chi connectivity index (χ4n) is 2.83. The molecule has 0 bridgehead atoms. The predicted octanol–water partition coefficient (Wildman–Crippen LogP) is 4.65. The van der Waals surface area contributed by atoms with Crippen LogP contribution in [0.15, 0.2) is 54.6 Å². The molecule has 0 aromatic heterocycles. The number of methoxy groups -OCH3 is 1. The average molecular weight is 414 g/mol. The average Bonchev–Trinajstić information content (AvgIpc) is 2.71. The van der Waals surface area contributed by atoms with Crippen LogP contribution in [0.25, 0.3) is 0 Å². The molecule has 1 atom stereocenters. The second kappa shape index (κ2) is 11.2. The lowest BCUT2D eigenvalue weighted by Crippen LogP contribution is -2.44. The molecule has 2 aromatic carbocycles. The van der Waals surface area contributed by atoms with Crippen molar-refractivity contribution in [1.29, 1.82) is 0 Å². The monoisotopic (exact) mass is 413 g/mol. The highest BCUT2D eigenvalue weighted by molar-refractivity contribution is 5.81. The third kappa shape index (κ3) is 8.55. The van der Waals surface area contributed by atoms with Crippen LogP contribution in [0.1, 0.15) is 44.7 Å². The molecule has 0 aliphatic carbocycles. The van der Waals surface area contributed by atoms with E-state index < -0.39 is 23.7 Å². The zero-order valence-electron chi connectivity index (χ0n) is 18.1. The number of rotatable bonds is 9. The summed E-state index contributed by atoms with van der Waals surface area (Å²) in [6.45, 7) is 5.49. The zero-order chi connectivity index (χ0) is 22.0. The van der Waals surface area contributed by atoms with Crippen LogP contribution in [-0.4, -0.2) is 30.8 Å². The van der Waals surface area contributed by atoms with Crippen molar-refractivity contribution in [3.05, 3.63) is 65.7 Å². The summed E-state index contributed by atoms with van der Waals surface area (Å²) in [5, 5.41) is 2.66. The van der Waals surface area contributed by atoms with E-state index in [0.717, 1.165) is 23.3 Å². The van der Waals surface area contributed by atoms with Gasteiger partial charge in [0.2, 0.25) is 0 Å². The molecule has 0 heterocycles. The first kappa shape index (κ1) is 23.3. The molecule has 0 saturated carbocycles. The Morgan fingerprint density at radius 1 is 0.967 bits per heavy atom. The van der Waals surface area contributed by atoms with Crippen molar-refractivity contribution >= 4 is 12.1 Å². The molecule has 2 rings (SSSR count). The summed E-state index contributed by atoms with van der Waals surface area (Å²) in [7, 11) is 1.63. The van der Waals surface area contributed by atoms with Gasteiger partial charge < -0.3 is 19.5 Å². The van der Waals surface area contributed by atoms with Gasteiger partial charge in [0.25, 0.3) is 0 Å². The quantitative estimate of drug-likeness (QED) is 0.606. The molecule has 0 saturated heterocycles. The summed E-state index contributed by atoms with van der Waals surface area (Å²) in [5.74, 6) is 0.326. The second-order valence-electron chi connectivity index (χ2n) is 8.03. The first-order valence-electron chi connectivity index (χ1n) is 10.1. The highest BCUT2D eigenvalue weighted by Crippen LogP contribution is 2.15. The minimum absolute atomic E-state index is 0.157. The van der Waals surface area contributed by atoms with Crippen molar-refractivity contribution < 1.29 is 23.8 Å². The molecule has 6 nitrogen and oxygen atoms in total. The van der Waals surface area contributed by atoms with Crippen LogP contribution in [0, 0.1) is 0 Å². The largest absolute Gasteiger partial charge is 0.497 e. The Kier molecular flexibility index (Phi) is 8.71. The van der Waals surface area contributed by atoms with Gasteiger partial charge in [-0.1, -0.05) is 42.5 Å². The van der Waals surface area contributed by atoms with Crippen LogP contribution in [0.5, 0.6) is 5.75 Å². The molecule has 0 unspecified atom stereocenters. The summed E-state index contributed by atoms with van der Waals surface area (Å²) in [5.41, 5.74) is 1.37. The van der Waals surface area contributed by atoms with Gasteiger partial charge >= 0.3 is 12.1 Å². The summed E-state index contributed by atoms with van der Waals surface area (Å²) >= 11 is 0. The maximum Gasteiger partial charge on any atom is 0.408 e. The predicted molar refractivity (Wildman–Crippen MR) is 115 cm³/mol. The lowest BCUT2D eigenvalue weighted by molar-refractivity contribution is -0.147. The number of aryl methyl sites for hydroxylation is 1. The fourth-order valence-corrected chi connectivity index (χ4v) is 2.83. The van der Waals surface area contributed by atoms with Gasteiger partial charge in [0, 0.05) is 0 Å². The summed E-state index contributed by atoms with van der Waals surface area (Å²) in [6, 6.07) is 16.4. The van der Waals surface area contributed by atoms with Crippen LogP contribution in [0.4, 0.5) is 4.79 Å². The minimum Gasteiger partial charge on any atom is -0.497 e. The van der Waals surface area contributed by atoms with Crippen molar-refractivity contribution in [3.63, 3.8) is 0 Å². The van der Waals surface area contributed by atoms with Gasteiger partial charge in [0.15, 0.2) is 0 Å². The highest BCUT2D eigenvalue weighted by atomic mass is 16.6. The van der Waals surface area contributed by atoms with E-state index in [1.165, 1.54) is 0 Å². The number of benzene rings is 2. The number of ether oxygens (including phenoxy) is 3. The molecule has 2 aromatic rings. The van der Waals surface area contributed by atoms with Gasteiger partial charge in [-0.25, -0.2) is 9.59 Å². The van der Waals surface area contributed by atoms with Crippen LogP contribution in [-0.2, 0) is 27.3 Å². The molecular weight excluding hydrogens is 382 g/mol. The third-order valence-electron chi connectivity index (χ3n) is 4.32. The number of carbonyl (C=O) groups is 2. The number of nitrogens with one attached hydrogen (secondary N) is 1. The molecule has 0 aliphatic heterocycles. The van der Waals surface area contributed by atoms with E-state index in [1.54, 1.807) is 27.9 Å². The van der Waals surface area contributed by atoms with Gasteiger partial charge in [-0.2, -0.15) is 0 Å². The lowest BCUT2D eigenvalue weighted by atomic mass is 10.0. The first-order valence-corrected chi connectivity index (χ1v) is 10.1. The van der Waals surface area contributed by atoms with Gasteiger partial charge in [-0.3, -0.25) is 0 Å². The first-order chi connectivity index (χ1) is 14.3. The van der Waals surface area contributed by atoms with Crippen LogP contribution < -0.4 is 10.1 Å². The summed E-state index contributed by atoms with van der Waals surface area (Å²) in [6.07, 6.45) is 1.28. The van der Waals surface area contributed by atoms with E-state index in [1.807, 2.05) is 54.6 Å². The number of amides is 1. The number of hydrogen-bond donors (Lipinski definition) is 1. The Hall–Kier alpha value is -3.02. The van der Waals surface area contributed by atoms with Crippen molar-refractivity contribution in [2.24, 2.45) is 0 Å². The van der Waals surface area contributed by atoms with E-state index in [4.69, 9.17) is 14.2 Å². The van der Waals surface area contributed by atoms with Gasteiger partial charge in [0.05, 0.1) is 7.11 Å². The SMILES string of the molecule is COc1ccc(CCC[C@H](NC(=O)OC(C)(C)C)C(=O)OCc2ccccc2)cc1. The zero-order valence-corrected chi connectivity index (χ0v) is 18.1. The van der Waals surface area contributed by atoms with Crippen LogP contribution in [0.3, 0.4) is 0 Å². The van der Waals surface area contributed by atoms with Gasteiger partial charge in [0.1, 0.15) is 24.0 Å². The lowest BCUT2D eigenvalue weighted by Gasteiger charge is -2.23. The smallest absolute Gasteiger partial charge is 0.408 e.